The summed E-state index contributed by atoms with van der Waals surface area (Å²) in [7, 11) is 1.64. The van der Waals surface area contributed by atoms with Crippen molar-refractivity contribution in [2.75, 3.05) is 26.8 Å². The van der Waals surface area contributed by atoms with E-state index in [9.17, 15) is 4.79 Å². The Morgan fingerprint density at radius 2 is 1.96 bits per heavy atom. The summed E-state index contributed by atoms with van der Waals surface area (Å²) in [5.41, 5.74) is 2.27. The van der Waals surface area contributed by atoms with Crippen molar-refractivity contribution in [3.63, 3.8) is 0 Å². The number of hydrogen-bond donors (Lipinski definition) is 2. The van der Waals surface area contributed by atoms with E-state index < -0.39 is 5.97 Å². The second kappa shape index (κ2) is 13.6. The van der Waals surface area contributed by atoms with Crippen molar-refractivity contribution in [3.05, 3.63) is 65.7 Å². The molecule has 0 bridgehead atoms. The van der Waals surface area contributed by atoms with Gasteiger partial charge in [0.15, 0.2) is 0 Å². The van der Waals surface area contributed by atoms with Gasteiger partial charge in [-0.05, 0) is 30.5 Å². The molecule has 0 spiro atoms. The molecule has 0 amide bonds. The maximum Gasteiger partial charge on any atom is 0.304 e. The van der Waals surface area contributed by atoms with E-state index in [1.54, 1.807) is 7.11 Å². The molecule has 6 heteroatoms. The molecule has 0 aliphatic carbocycles. The average molecular weight is 406 g/mol. The Morgan fingerprint density at radius 1 is 1.18 bits per heavy atom. The van der Waals surface area contributed by atoms with E-state index in [0.717, 1.165) is 29.9 Å². The summed E-state index contributed by atoms with van der Waals surface area (Å²) >= 11 is 0. The second-order valence-corrected chi connectivity index (χ2v) is 6.09. The van der Waals surface area contributed by atoms with Gasteiger partial charge in [0.25, 0.3) is 0 Å². The molecule has 0 aliphatic heterocycles. The Kier molecular flexibility index (Phi) is 11.5. The first-order valence-corrected chi connectivity index (χ1v) is 9.13. The molecule has 2 aromatic rings. The van der Waals surface area contributed by atoms with E-state index >= 15 is 0 Å². The van der Waals surface area contributed by atoms with E-state index in [1.807, 2.05) is 36.4 Å². The fourth-order valence-corrected chi connectivity index (χ4v) is 2.60. The molecule has 152 valence electrons. The first kappa shape index (κ1) is 23.5. The molecule has 0 radical (unpaired) electrons. The SMILES string of the molecule is COc1cc(OCCCc2ccccc2)ccc1/C=C/CNCCC(=O)O.Cl. The van der Waals surface area contributed by atoms with E-state index in [-0.39, 0.29) is 18.8 Å². The minimum atomic E-state index is -0.799. The zero-order chi connectivity index (χ0) is 19.3. The largest absolute Gasteiger partial charge is 0.496 e. The molecular weight excluding hydrogens is 378 g/mol. The molecule has 0 unspecified atom stereocenters. The highest BCUT2D eigenvalue weighted by atomic mass is 35.5. The number of halogens is 1. The molecule has 2 N–H and O–H groups in total. The highest BCUT2D eigenvalue weighted by molar-refractivity contribution is 5.85. The number of methoxy groups -OCH3 is 1. The van der Waals surface area contributed by atoms with Gasteiger partial charge < -0.3 is 19.9 Å². The molecule has 0 fully saturated rings. The Bertz CT molecular complexity index is 735. The van der Waals surface area contributed by atoms with Crippen LogP contribution in [0.1, 0.15) is 24.0 Å². The molecule has 28 heavy (non-hydrogen) atoms. The monoisotopic (exact) mass is 405 g/mol. The summed E-state index contributed by atoms with van der Waals surface area (Å²) in [4.78, 5) is 10.4. The predicted molar refractivity (Wildman–Crippen MR) is 115 cm³/mol. The van der Waals surface area contributed by atoms with Gasteiger partial charge in [-0.3, -0.25) is 4.79 Å². The van der Waals surface area contributed by atoms with Gasteiger partial charge in [0.2, 0.25) is 0 Å². The first-order valence-electron chi connectivity index (χ1n) is 9.13. The minimum Gasteiger partial charge on any atom is -0.496 e. The smallest absolute Gasteiger partial charge is 0.304 e. The molecular formula is C22H28ClNO4. The van der Waals surface area contributed by atoms with Crippen LogP contribution in [0.3, 0.4) is 0 Å². The number of carbonyl (C=O) groups is 1. The van der Waals surface area contributed by atoms with Crippen molar-refractivity contribution < 1.29 is 19.4 Å². The van der Waals surface area contributed by atoms with Gasteiger partial charge in [0.1, 0.15) is 11.5 Å². The molecule has 0 aromatic heterocycles. The highest BCUT2D eigenvalue weighted by Gasteiger charge is 2.03. The van der Waals surface area contributed by atoms with Crippen LogP contribution >= 0.6 is 12.4 Å². The van der Waals surface area contributed by atoms with Crippen molar-refractivity contribution >= 4 is 24.5 Å². The molecule has 0 saturated carbocycles. The first-order chi connectivity index (χ1) is 13.2. The predicted octanol–water partition coefficient (Wildman–Crippen LogP) is 4.21. The van der Waals surface area contributed by atoms with Gasteiger partial charge in [-0.1, -0.05) is 42.5 Å². The zero-order valence-electron chi connectivity index (χ0n) is 16.1. The van der Waals surface area contributed by atoms with Gasteiger partial charge in [0, 0.05) is 24.7 Å². The number of ether oxygens (including phenoxy) is 2. The van der Waals surface area contributed by atoms with Crippen LogP contribution in [0.25, 0.3) is 6.08 Å². The topological polar surface area (TPSA) is 67.8 Å². The quantitative estimate of drug-likeness (QED) is 0.518. The summed E-state index contributed by atoms with van der Waals surface area (Å²) < 4.78 is 11.3. The van der Waals surface area contributed by atoms with Crippen LogP contribution in [0.5, 0.6) is 11.5 Å². The Hall–Kier alpha value is -2.50. The van der Waals surface area contributed by atoms with Gasteiger partial charge in [-0.25, -0.2) is 0 Å². The fraction of sp³-hybridized carbons (Fsp3) is 0.318. The number of benzene rings is 2. The lowest BCUT2D eigenvalue weighted by Gasteiger charge is -2.10. The Morgan fingerprint density at radius 3 is 2.68 bits per heavy atom. The summed E-state index contributed by atoms with van der Waals surface area (Å²) in [6, 6.07) is 16.2. The molecule has 0 saturated heterocycles. The van der Waals surface area contributed by atoms with E-state index in [1.165, 1.54) is 5.56 Å². The van der Waals surface area contributed by atoms with Crippen LogP contribution < -0.4 is 14.8 Å². The number of nitrogens with one attached hydrogen (secondary N) is 1. The van der Waals surface area contributed by atoms with Crippen molar-refractivity contribution in [3.8, 4) is 11.5 Å². The summed E-state index contributed by atoms with van der Waals surface area (Å²) in [5, 5.41) is 11.6. The zero-order valence-corrected chi connectivity index (χ0v) is 16.9. The third kappa shape index (κ3) is 8.93. The molecule has 0 heterocycles. The third-order valence-corrected chi connectivity index (χ3v) is 4.00. The van der Waals surface area contributed by atoms with Crippen LogP contribution in [-0.2, 0) is 11.2 Å². The Balaban J connectivity index is 0.00000392. The number of hydrogen-bond acceptors (Lipinski definition) is 4. The van der Waals surface area contributed by atoms with Crippen molar-refractivity contribution in [2.45, 2.75) is 19.3 Å². The number of aryl methyl sites for hydroxylation is 1. The number of rotatable bonds is 12. The van der Waals surface area contributed by atoms with Gasteiger partial charge in [-0.15, -0.1) is 12.4 Å². The maximum atomic E-state index is 10.4. The van der Waals surface area contributed by atoms with E-state index in [0.29, 0.717) is 19.7 Å². The molecule has 0 aliphatic rings. The summed E-state index contributed by atoms with van der Waals surface area (Å²) in [5.74, 6) is 0.737. The van der Waals surface area contributed by atoms with Crippen LogP contribution in [0.4, 0.5) is 0 Å². The maximum absolute atomic E-state index is 10.4. The lowest BCUT2D eigenvalue weighted by Crippen LogP contribution is -2.17. The molecule has 5 nitrogen and oxygen atoms in total. The van der Waals surface area contributed by atoms with Crippen molar-refractivity contribution in [1.82, 2.24) is 5.32 Å². The average Bonchev–Trinajstić information content (AvgIpc) is 2.69. The van der Waals surface area contributed by atoms with Gasteiger partial charge in [0.05, 0.1) is 20.1 Å². The molecule has 2 rings (SSSR count). The van der Waals surface area contributed by atoms with Crippen LogP contribution in [0.15, 0.2) is 54.6 Å². The second-order valence-electron chi connectivity index (χ2n) is 6.09. The third-order valence-electron chi connectivity index (χ3n) is 4.00. The summed E-state index contributed by atoms with van der Waals surface area (Å²) in [6.45, 7) is 1.71. The van der Waals surface area contributed by atoms with E-state index in [4.69, 9.17) is 14.6 Å². The van der Waals surface area contributed by atoms with Crippen molar-refractivity contribution in [1.29, 1.82) is 0 Å². The fourth-order valence-electron chi connectivity index (χ4n) is 2.60. The van der Waals surface area contributed by atoms with Crippen LogP contribution in [0.2, 0.25) is 0 Å². The normalized spacial score (nSPS) is 10.5. The minimum absolute atomic E-state index is 0. The van der Waals surface area contributed by atoms with Gasteiger partial charge in [-0.2, -0.15) is 0 Å². The van der Waals surface area contributed by atoms with E-state index in [2.05, 4.69) is 29.6 Å². The number of carboxylic acid groups (broad SMARTS) is 1. The standard InChI is InChI=1S/C22H27NO4.ClH/c1-26-21-17-20(27-16-6-9-18-7-3-2-4-8-18)12-11-19(21)10-5-14-23-15-13-22(24)25;/h2-5,7-8,10-12,17,23H,6,9,13-16H2,1H3,(H,24,25);1H/b10-5+;. The molecule has 2 aromatic carbocycles. The van der Waals surface area contributed by atoms with Crippen LogP contribution in [-0.4, -0.2) is 37.9 Å². The highest BCUT2D eigenvalue weighted by Crippen LogP contribution is 2.26. The molecule has 0 atom stereocenters. The number of aliphatic carboxylic acids is 1. The lowest BCUT2D eigenvalue weighted by atomic mass is 10.1. The summed E-state index contributed by atoms with van der Waals surface area (Å²) in [6.07, 6.45) is 5.96. The Labute approximate surface area is 172 Å². The van der Waals surface area contributed by atoms with Crippen molar-refractivity contribution in [2.24, 2.45) is 0 Å². The number of carboxylic acids is 1. The van der Waals surface area contributed by atoms with Crippen LogP contribution in [0, 0.1) is 0 Å². The lowest BCUT2D eigenvalue weighted by molar-refractivity contribution is -0.136. The van der Waals surface area contributed by atoms with Gasteiger partial charge >= 0.3 is 5.97 Å².